The molecule has 0 amide bonds. The highest BCUT2D eigenvalue weighted by Crippen LogP contribution is 2.24. The van der Waals surface area contributed by atoms with Gasteiger partial charge in [-0.05, 0) is 31.5 Å². The molecule has 2 heterocycles. The van der Waals surface area contributed by atoms with E-state index in [2.05, 4.69) is 27.5 Å². The Kier molecular flexibility index (Phi) is 7.78. The van der Waals surface area contributed by atoms with Gasteiger partial charge < -0.3 is 10.1 Å². The number of nitrogens with one attached hydrogen (secondary N) is 1. The van der Waals surface area contributed by atoms with Gasteiger partial charge in [-0.15, -0.1) is 17.5 Å². The quantitative estimate of drug-likeness (QED) is 0.795. The van der Waals surface area contributed by atoms with Crippen molar-refractivity contribution in [1.82, 2.24) is 19.9 Å². The predicted molar refractivity (Wildman–Crippen MR) is 104 cm³/mol. The Labute approximate surface area is 163 Å². The van der Waals surface area contributed by atoms with Crippen LogP contribution in [0.3, 0.4) is 0 Å². The SMILES string of the molecule is CC(CCN1CCOCC1)Nc1cn(-c2ccc(Cl)c(Cl)c2)nn1.Cl. The topological polar surface area (TPSA) is 55.2 Å². The summed E-state index contributed by atoms with van der Waals surface area (Å²) in [6.07, 6.45) is 2.89. The van der Waals surface area contributed by atoms with Gasteiger partial charge >= 0.3 is 0 Å². The van der Waals surface area contributed by atoms with E-state index in [0.717, 1.165) is 50.8 Å². The Morgan fingerprint density at radius 2 is 2.00 bits per heavy atom. The fraction of sp³-hybridized carbons (Fsp3) is 0.500. The van der Waals surface area contributed by atoms with Crippen molar-refractivity contribution in [2.75, 3.05) is 38.2 Å². The van der Waals surface area contributed by atoms with Gasteiger partial charge in [-0.3, -0.25) is 4.90 Å². The van der Waals surface area contributed by atoms with E-state index in [1.54, 1.807) is 16.8 Å². The number of aromatic nitrogens is 3. The Balaban J connectivity index is 0.00000225. The number of hydrogen-bond acceptors (Lipinski definition) is 5. The van der Waals surface area contributed by atoms with Crippen molar-refractivity contribution in [2.45, 2.75) is 19.4 Å². The highest BCUT2D eigenvalue weighted by molar-refractivity contribution is 6.42. The van der Waals surface area contributed by atoms with Crippen LogP contribution in [0.4, 0.5) is 5.82 Å². The molecule has 138 valence electrons. The molecule has 0 saturated carbocycles. The predicted octanol–water partition coefficient (Wildman–Crippen LogP) is 3.52. The minimum absolute atomic E-state index is 0. The molecule has 6 nitrogen and oxygen atoms in total. The summed E-state index contributed by atoms with van der Waals surface area (Å²) < 4.78 is 7.05. The van der Waals surface area contributed by atoms with Crippen molar-refractivity contribution in [3.05, 3.63) is 34.4 Å². The Morgan fingerprint density at radius 1 is 1.24 bits per heavy atom. The highest BCUT2D eigenvalue weighted by Gasteiger charge is 2.13. The molecule has 3 rings (SSSR count). The molecular weight excluding hydrogens is 385 g/mol. The molecule has 1 unspecified atom stereocenters. The van der Waals surface area contributed by atoms with E-state index in [-0.39, 0.29) is 12.4 Å². The molecule has 25 heavy (non-hydrogen) atoms. The van der Waals surface area contributed by atoms with Crippen molar-refractivity contribution in [2.24, 2.45) is 0 Å². The molecule has 1 atom stereocenters. The second kappa shape index (κ2) is 9.59. The number of rotatable bonds is 6. The average Bonchev–Trinajstić information content (AvgIpc) is 3.05. The molecule has 0 aliphatic carbocycles. The maximum absolute atomic E-state index is 6.05. The first-order valence-electron chi connectivity index (χ1n) is 8.06. The lowest BCUT2D eigenvalue weighted by Gasteiger charge is -2.27. The highest BCUT2D eigenvalue weighted by atomic mass is 35.5. The number of benzene rings is 1. The van der Waals surface area contributed by atoms with Gasteiger partial charge in [-0.2, -0.15) is 0 Å². The number of nitrogens with zero attached hydrogens (tertiary/aromatic N) is 4. The molecule has 1 saturated heterocycles. The molecule has 1 aromatic carbocycles. The molecule has 1 aromatic heterocycles. The number of hydrogen-bond donors (Lipinski definition) is 1. The lowest BCUT2D eigenvalue weighted by molar-refractivity contribution is 0.0370. The van der Waals surface area contributed by atoms with Crippen LogP contribution in [0.15, 0.2) is 24.4 Å². The molecular formula is C16H22Cl3N5O. The summed E-state index contributed by atoms with van der Waals surface area (Å²) in [5.41, 5.74) is 0.825. The van der Waals surface area contributed by atoms with Gasteiger partial charge in [-0.25, -0.2) is 4.68 Å². The molecule has 0 bridgehead atoms. The second-order valence-electron chi connectivity index (χ2n) is 5.93. The van der Waals surface area contributed by atoms with Gasteiger partial charge in [0, 0.05) is 25.7 Å². The third-order valence-corrected chi connectivity index (χ3v) is 4.78. The molecule has 0 radical (unpaired) electrons. The maximum Gasteiger partial charge on any atom is 0.169 e. The number of halogens is 3. The van der Waals surface area contributed by atoms with E-state index in [1.165, 1.54) is 0 Å². The molecule has 9 heteroatoms. The number of morpholine rings is 1. The van der Waals surface area contributed by atoms with Crippen LogP contribution in [0.5, 0.6) is 0 Å². The number of anilines is 1. The Bertz CT molecular complexity index is 676. The van der Waals surface area contributed by atoms with E-state index >= 15 is 0 Å². The van der Waals surface area contributed by atoms with Crippen LogP contribution in [-0.4, -0.2) is 58.8 Å². The molecule has 1 aliphatic rings. The lowest BCUT2D eigenvalue weighted by atomic mass is 10.2. The minimum atomic E-state index is 0. The van der Waals surface area contributed by atoms with Crippen LogP contribution in [0.25, 0.3) is 5.69 Å². The first kappa shape index (κ1) is 20.3. The summed E-state index contributed by atoms with van der Waals surface area (Å²) in [6, 6.07) is 5.68. The fourth-order valence-electron chi connectivity index (χ4n) is 2.61. The van der Waals surface area contributed by atoms with E-state index in [1.807, 2.05) is 12.3 Å². The van der Waals surface area contributed by atoms with Gasteiger partial charge in [0.15, 0.2) is 5.82 Å². The summed E-state index contributed by atoms with van der Waals surface area (Å²) in [4.78, 5) is 2.42. The average molecular weight is 407 g/mol. The van der Waals surface area contributed by atoms with Gasteiger partial charge in [0.1, 0.15) is 0 Å². The third-order valence-electron chi connectivity index (χ3n) is 4.04. The summed E-state index contributed by atoms with van der Waals surface area (Å²) in [7, 11) is 0. The van der Waals surface area contributed by atoms with E-state index in [9.17, 15) is 0 Å². The number of ether oxygens (including phenoxy) is 1. The van der Waals surface area contributed by atoms with Gasteiger partial charge in [0.05, 0.1) is 35.1 Å². The zero-order valence-electron chi connectivity index (χ0n) is 14.0. The lowest BCUT2D eigenvalue weighted by Crippen LogP contribution is -2.38. The van der Waals surface area contributed by atoms with Crippen molar-refractivity contribution >= 4 is 41.4 Å². The normalized spacial score (nSPS) is 16.3. The standard InChI is InChI=1S/C16H21Cl2N5O.ClH/c1-12(4-5-22-6-8-24-9-7-22)19-16-11-23(21-20-16)13-2-3-14(17)15(18)10-13;/h2-3,10-12,19H,4-9H2,1H3;1H. The van der Waals surface area contributed by atoms with E-state index < -0.39 is 0 Å². The fourth-order valence-corrected chi connectivity index (χ4v) is 2.90. The summed E-state index contributed by atoms with van der Waals surface area (Å²) in [5.74, 6) is 0.746. The first-order valence-corrected chi connectivity index (χ1v) is 8.82. The summed E-state index contributed by atoms with van der Waals surface area (Å²) in [5, 5.41) is 12.7. The van der Waals surface area contributed by atoms with E-state index in [4.69, 9.17) is 27.9 Å². The van der Waals surface area contributed by atoms with Crippen LogP contribution >= 0.6 is 35.6 Å². The summed E-state index contributed by atoms with van der Waals surface area (Å²) >= 11 is 12.0. The molecule has 1 N–H and O–H groups in total. The van der Waals surface area contributed by atoms with Gasteiger partial charge in [0.25, 0.3) is 0 Å². The zero-order valence-corrected chi connectivity index (χ0v) is 16.3. The van der Waals surface area contributed by atoms with Crippen molar-refractivity contribution < 1.29 is 4.74 Å². The van der Waals surface area contributed by atoms with Crippen LogP contribution in [-0.2, 0) is 4.74 Å². The zero-order chi connectivity index (χ0) is 16.9. The van der Waals surface area contributed by atoms with Crippen molar-refractivity contribution in [3.63, 3.8) is 0 Å². The first-order chi connectivity index (χ1) is 11.6. The molecule has 2 aromatic rings. The molecule has 0 spiro atoms. The van der Waals surface area contributed by atoms with Crippen LogP contribution < -0.4 is 5.32 Å². The van der Waals surface area contributed by atoms with Crippen molar-refractivity contribution in [1.29, 1.82) is 0 Å². The van der Waals surface area contributed by atoms with E-state index in [0.29, 0.717) is 16.1 Å². The van der Waals surface area contributed by atoms with Gasteiger partial charge in [-0.1, -0.05) is 28.4 Å². The molecule has 1 aliphatic heterocycles. The van der Waals surface area contributed by atoms with Crippen molar-refractivity contribution in [3.8, 4) is 5.69 Å². The maximum atomic E-state index is 6.05. The minimum Gasteiger partial charge on any atom is -0.379 e. The smallest absolute Gasteiger partial charge is 0.169 e. The largest absolute Gasteiger partial charge is 0.379 e. The van der Waals surface area contributed by atoms with Crippen LogP contribution in [0.2, 0.25) is 10.0 Å². The van der Waals surface area contributed by atoms with Gasteiger partial charge in [0.2, 0.25) is 0 Å². The monoisotopic (exact) mass is 405 g/mol. The Hall–Kier alpha value is -1.05. The third kappa shape index (κ3) is 5.72. The second-order valence-corrected chi connectivity index (χ2v) is 6.75. The van der Waals surface area contributed by atoms with Crippen LogP contribution in [0, 0.1) is 0 Å². The molecule has 1 fully saturated rings. The van der Waals surface area contributed by atoms with Crippen LogP contribution in [0.1, 0.15) is 13.3 Å². The summed E-state index contributed by atoms with van der Waals surface area (Å²) in [6.45, 7) is 6.90. The Morgan fingerprint density at radius 3 is 2.72 bits per heavy atom.